The molecule has 1 nitrogen and oxygen atoms in total. The summed E-state index contributed by atoms with van der Waals surface area (Å²) < 4.78 is 40.1. The van der Waals surface area contributed by atoms with Crippen LogP contribution in [0.5, 0.6) is 0 Å². The van der Waals surface area contributed by atoms with Gasteiger partial charge in [0.1, 0.15) is 0 Å². The lowest BCUT2D eigenvalue weighted by Crippen LogP contribution is -2.25. The Hall–Kier alpha value is -1.03. The van der Waals surface area contributed by atoms with Gasteiger partial charge in [0, 0.05) is 11.6 Å². The van der Waals surface area contributed by atoms with Crippen molar-refractivity contribution in [2.24, 2.45) is 11.3 Å². The van der Waals surface area contributed by atoms with Gasteiger partial charge in [-0.05, 0) is 30.4 Å². The Morgan fingerprint density at radius 1 is 1.28 bits per heavy atom. The highest BCUT2D eigenvalue weighted by atomic mass is 19.2. The molecule has 1 aliphatic rings. The molecule has 2 rings (SSSR count). The number of nitrogens with one attached hydrogen (secondary N) is 1. The van der Waals surface area contributed by atoms with Gasteiger partial charge in [0.15, 0.2) is 17.5 Å². The standard InChI is InChI=1S/C14H18F3N/c1-4-18-13(9-7-14(9,2)3)8-5-6-10(15)12(17)11(8)16/h5-6,9,13,18H,4,7H2,1-3H3. The molecule has 1 aromatic carbocycles. The molecule has 0 aliphatic heterocycles. The van der Waals surface area contributed by atoms with Crippen molar-refractivity contribution in [2.75, 3.05) is 6.54 Å². The van der Waals surface area contributed by atoms with Gasteiger partial charge in [0.2, 0.25) is 0 Å². The maximum Gasteiger partial charge on any atom is 0.194 e. The molecule has 1 aromatic rings. The normalized spacial score (nSPS) is 22.9. The molecule has 0 spiro atoms. The third kappa shape index (κ3) is 2.26. The van der Waals surface area contributed by atoms with E-state index < -0.39 is 17.5 Å². The maximum atomic E-state index is 13.8. The first kappa shape index (κ1) is 13.4. The van der Waals surface area contributed by atoms with Crippen LogP contribution in [-0.2, 0) is 0 Å². The third-order valence-electron chi connectivity index (χ3n) is 3.82. The first-order valence-corrected chi connectivity index (χ1v) is 6.25. The SMILES string of the molecule is CCNC(c1ccc(F)c(F)c1F)C1CC1(C)C. The Labute approximate surface area is 105 Å². The van der Waals surface area contributed by atoms with Gasteiger partial charge in [-0.25, -0.2) is 13.2 Å². The van der Waals surface area contributed by atoms with Crippen molar-refractivity contribution in [3.63, 3.8) is 0 Å². The van der Waals surface area contributed by atoms with Gasteiger partial charge in [0.05, 0.1) is 0 Å². The van der Waals surface area contributed by atoms with Gasteiger partial charge >= 0.3 is 0 Å². The maximum absolute atomic E-state index is 13.8. The van der Waals surface area contributed by atoms with E-state index >= 15 is 0 Å². The molecule has 1 fully saturated rings. The van der Waals surface area contributed by atoms with Crippen LogP contribution < -0.4 is 5.32 Å². The average molecular weight is 257 g/mol. The van der Waals surface area contributed by atoms with E-state index in [9.17, 15) is 13.2 Å². The average Bonchev–Trinajstić information content (AvgIpc) is 2.93. The Kier molecular flexibility index (Phi) is 3.41. The van der Waals surface area contributed by atoms with Gasteiger partial charge in [-0.1, -0.05) is 26.8 Å². The third-order valence-corrected chi connectivity index (χ3v) is 3.82. The minimum Gasteiger partial charge on any atom is -0.310 e. The van der Waals surface area contributed by atoms with Crippen LogP contribution >= 0.6 is 0 Å². The van der Waals surface area contributed by atoms with E-state index in [4.69, 9.17) is 0 Å². The van der Waals surface area contributed by atoms with Crippen molar-refractivity contribution in [3.05, 3.63) is 35.1 Å². The van der Waals surface area contributed by atoms with Gasteiger partial charge in [-0.15, -0.1) is 0 Å². The number of rotatable bonds is 4. The lowest BCUT2D eigenvalue weighted by Gasteiger charge is -2.21. The lowest BCUT2D eigenvalue weighted by atomic mass is 9.96. The van der Waals surface area contributed by atoms with Crippen LogP contribution in [-0.4, -0.2) is 6.54 Å². The lowest BCUT2D eigenvalue weighted by molar-refractivity contribution is 0.388. The minimum absolute atomic E-state index is 0.129. The summed E-state index contributed by atoms with van der Waals surface area (Å²) in [6.07, 6.45) is 0.961. The van der Waals surface area contributed by atoms with Crippen LogP contribution in [0.25, 0.3) is 0 Å². The highest BCUT2D eigenvalue weighted by Crippen LogP contribution is 2.58. The Morgan fingerprint density at radius 3 is 2.39 bits per heavy atom. The van der Waals surface area contributed by atoms with E-state index in [0.29, 0.717) is 6.54 Å². The van der Waals surface area contributed by atoms with Crippen molar-refractivity contribution in [3.8, 4) is 0 Å². The molecule has 1 saturated carbocycles. The van der Waals surface area contributed by atoms with Gasteiger partial charge in [-0.2, -0.15) is 0 Å². The Balaban J connectivity index is 2.35. The smallest absolute Gasteiger partial charge is 0.194 e. The topological polar surface area (TPSA) is 12.0 Å². The number of hydrogen-bond donors (Lipinski definition) is 1. The largest absolute Gasteiger partial charge is 0.310 e. The molecule has 18 heavy (non-hydrogen) atoms. The molecule has 100 valence electrons. The first-order valence-electron chi connectivity index (χ1n) is 6.25. The molecule has 0 bridgehead atoms. The van der Waals surface area contributed by atoms with E-state index in [1.165, 1.54) is 6.07 Å². The molecule has 1 N–H and O–H groups in total. The fourth-order valence-corrected chi connectivity index (χ4v) is 2.55. The quantitative estimate of drug-likeness (QED) is 0.809. The molecule has 0 heterocycles. The molecule has 0 aromatic heterocycles. The summed E-state index contributed by atoms with van der Waals surface area (Å²) >= 11 is 0. The summed E-state index contributed by atoms with van der Waals surface area (Å²) in [5, 5.41) is 3.17. The van der Waals surface area contributed by atoms with Crippen LogP contribution in [0.3, 0.4) is 0 Å². The zero-order valence-electron chi connectivity index (χ0n) is 10.9. The predicted octanol–water partition coefficient (Wildman–Crippen LogP) is 3.80. The van der Waals surface area contributed by atoms with E-state index in [2.05, 4.69) is 19.2 Å². The van der Waals surface area contributed by atoms with Crippen LogP contribution in [0, 0.1) is 28.8 Å². The second-order valence-electron chi connectivity index (χ2n) is 5.60. The van der Waals surface area contributed by atoms with Crippen LogP contribution in [0.4, 0.5) is 13.2 Å². The van der Waals surface area contributed by atoms with E-state index in [1.807, 2.05) is 6.92 Å². The fraction of sp³-hybridized carbons (Fsp3) is 0.571. The van der Waals surface area contributed by atoms with E-state index in [1.54, 1.807) is 0 Å². The summed E-state index contributed by atoms with van der Waals surface area (Å²) in [4.78, 5) is 0. The van der Waals surface area contributed by atoms with Crippen LogP contribution in [0.1, 0.15) is 38.8 Å². The summed E-state index contributed by atoms with van der Waals surface area (Å²) in [5.74, 6) is -3.32. The van der Waals surface area contributed by atoms with Gasteiger partial charge in [0.25, 0.3) is 0 Å². The number of hydrogen-bond acceptors (Lipinski definition) is 1. The highest BCUT2D eigenvalue weighted by molar-refractivity contribution is 5.26. The molecule has 1 aliphatic carbocycles. The summed E-state index contributed by atoms with van der Waals surface area (Å²) in [5.41, 5.74) is 0.357. The Morgan fingerprint density at radius 2 is 1.89 bits per heavy atom. The van der Waals surface area contributed by atoms with Crippen LogP contribution in [0.15, 0.2) is 12.1 Å². The molecular weight excluding hydrogens is 239 g/mol. The number of halogens is 3. The van der Waals surface area contributed by atoms with E-state index in [-0.39, 0.29) is 22.9 Å². The highest BCUT2D eigenvalue weighted by Gasteiger charge is 2.50. The second-order valence-corrected chi connectivity index (χ2v) is 5.60. The molecular formula is C14H18F3N. The minimum atomic E-state index is -1.38. The van der Waals surface area contributed by atoms with Crippen molar-refractivity contribution in [1.82, 2.24) is 5.32 Å². The predicted molar refractivity (Wildman–Crippen MR) is 64.6 cm³/mol. The number of benzene rings is 1. The zero-order valence-corrected chi connectivity index (χ0v) is 10.9. The summed E-state index contributed by atoms with van der Waals surface area (Å²) in [6.45, 7) is 6.77. The molecule has 0 radical (unpaired) electrons. The van der Waals surface area contributed by atoms with Crippen molar-refractivity contribution < 1.29 is 13.2 Å². The zero-order chi connectivity index (χ0) is 13.5. The van der Waals surface area contributed by atoms with Crippen molar-refractivity contribution >= 4 is 0 Å². The molecule has 0 amide bonds. The Bertz CT molecular complexity index is 457. The monoisotopic (exact) mass is 257 g/mol. The second kappa shape index (κ2) is 4.57. The summed E-state index contributed by atoms with van der Waals surface area (Å²) in [6, 6.07) is 2.09. The molecule has 2 unspecified atom stereocenters. The van der Waals surface area contributed by atoms with Crippen LogP contribution in [0.2, 0.25) is 0 Å². The van der Waals surface area contributed by atoms with E-state index in [0.717, 1.165) is 12.5 Å². The van der Waals surface area contributed by atoms with Crippen molar-refractivity contribution in [2.45, 2.75) is 33.2 Å². The summed E-state index contributed by atoms with van der Waals surface area (Å²) in [7, 11) is 0. The van der Waals surface area contributed by atoms with Gasteiger partial charge in [-0.3, -0.25) is 0 Å². The molecule has 0 saturated heterocycles. The first-order chi connectivity index (χ1) is 8.38. The fourth-order valence-electron chi connectivity index (χ4n) is 2.55. The van der Waals surface area contributed by atoms with Crippen molar-refractivity contribution in [1.29, 1.82) is 0 Å². The molecule has 2 atom stereocenters. The molecule has 4 heteroatoms. The van der Waals surface area contributed by atoms with Gasteiger partial charge < -0.3 is 5.32 Å².